The number of esters is 1. The number of hydrogen-bond donors (Lipinski definition) is 0. The molecule has 0 saturated heterocycles. The highest BCUT2D eigenvalue weighted by atomic mass is 16.7. The summed E-state index contributed by atoms with van der Waals surface area (Å²) >= 11 is 0. The van der Waals surface area contributed by atoms with Crippen LogP contribution in [-0.4, -0.2) is 18.9 Å². The topological polar surface area (TPSA) is 35.5 Å². The molecule has 0 heterocycles. The zero-order valence-electron chi connectivity index (χ0n) is 9.46. The zero-order valence-corrected chi connectivity index (χ0v) is 9.46. The van der Waals surface area contributed by atoms with Crippen LogP contribution in [0.2, 0.25) is 0 Å². The molecule has 86 valence electrons. The molecule has 0 radical (unpaired) electrons. The van der Waals surface area contributed by atoms with Gasteiger partial charge in [0.1, 0.15) is 0 Å². The molecular formula is C12H20O3. The smallest absolute Gasteiger partial charge is 0.335 e. The lowest BCUT2D eigenvalue weighted by atomic mass is 10.2. The monoisotopic (exact) mass is 212 g/mol. The molecule has 3 nitrogen and oxygen atoms in total. The summed E-state index contributed by atoms with van der Waals surface area (Å²) in [7, 11) is 0. The first kappa shape index (κ1) is 12.2. The Bertz CT molecular complexity index is 215. The molecule has 0 bridgehead atoms. The Morgan fingerprint density at radius 3 is 2.40 bits per heavy atom. The Balaban J connectivity index is 2.13. The van der Waals surface area contributed by atoms with Crippen molar-refractivity contribution in [3.05, 3.63) is 12.2 Å². The Hall–Kier alpha value is -0.830. The molecule has 0 N–H and O–H groups in total. The molecule has 0 aliphatic heterocycles. The Morgan fingerprint density at radius 2 is 1.87 bits per heavy atom. The molecule has 0 aromatic carbocycles. The minimum atomic E-state index is -0.372. The molecule has 0 amide bonds. The Morgan fingerprint density at radius 1 is 1.27 bits per heavy atom. The minimum Gasteiger partial charge on any atom is -0.435 e. The molecule has 0 spiro atoms. The predicted molar refractivity (Wildman–Crippen MR) is 58.3 cm³/mol. The molecule has 0 aromatic rings. The first-order valence-corrected chi connectivity index (χ1v) is 5.64. The molecular weight excluding hydrogens is 192 g/mol. The molecule has 0 atom stereocenters. The molecule has 1 aliphatic carbocycles. The van der Waals surface area contributed by atoms with Gasteiger partial charge in [-0.3, -0.25) is 0 Å². The Kier molecular flexibility index (Phi) is 5.40. The molecule has 1 rings (SSSR count). The van der Waals surface area contributed by atoms with Crippen LogP contribution >= 0.6 is 0 Å². The van der Waals surface area contributed by atoms with E-state index in [0.717, 1.165) is 12.8 Å². The summed E-state index contributed by atoms with van der Waals surface area (Å²) in [6, 6.07) is 0. The molecule has 15 heavy (non-hydrogen) atoms. The molecule has 1 saturated carbocycles. The summed E-state index contributed by atoms with van der Waals surface area (Å²) in [4.78, 5) is 11.1. The minimum absolute atomic E-state index is 0.0658. The standard InChI is InChI=1S/C12H20O3/c1-10(2)12(13)15-9-14-11-7-5-3-4-6-8-11/h11H,1,3-9H2,2H3. The summed E-state index contributed by atoms with van der Waals surface area (Å²) in [5, 5.41) is 0. The van der Waals surface area contributed by atoms with Crippen LogP contribution in [0.5, 0.6) is 0 Å². The van der Waals surface area contributed by atoms with E-state index in [9.17, 15) is 4.79 Å². The predicted octanol–water partition coefficient (Wildman–Crippen LogP) is 2.80. The van der Waals surface area contributed by atoms with Crippen LogP contribution < -0.4 is 0 Å². The number of ether oxygens (including phenoxy) is 2. The van der Waals surface area contributed by atoms with Gasteiger partial charge in [0, 0.05) is 5.57 Å². The second-order valence-electron chi connectivity index (χ2n) is 4.11. The highest BCUT2D eigenvalue weighted by Gasteiger charge is 2.13. The largest absolute Gasteiger partial charge is 0.435 e. The van der Waals surface area contributed by atoms with Gasteiger partial charge in [0.25, 0.3) is 0 Å². The zero-order chi connectivity index (χ0) is 11.1. The average molecular weight is 212 g/mol. The summed E-state index contributed by atoms with van der Waals surface area (Å²) in [5.41, 5.74) is 0.416. The van der Waals surface area contributed by atoms with Crippen molar-refractivity contribution in [3.8, 4) is 0 Å². The van der Waals surface area contributed by atoms with Crippen LogP contribution in [0.1, 0.15) is 45.4 Å². The first-order valence-electron chi connectivity index (χ1n) is 5.64. The summed E-state index contributed by atoms with van der Waals surface area (Å²) in [5.74, 6) is -0.372. The quantitative estimate of drug-likeness (QED) is 0.311. The van der Waals surface area contributed by atoms with Gasteiger partial charge in [-0.1, -0.05) is 32.3 Å². The molecule has 0 unspecified atom stereocenters. The third kappa shape index (κ3) is 4.98. The van der Waals surface area contributed by atoms with Gasteiger partial charge in [0.05, 0.1) is 6.10 Å². The van der Waals surface area contributed by atoms with Crippen molar-refractivity contribution in [2.24, 2.45) is 0 Å². The van der Waals surface area contributed by atoms with E-state index in [1.54, 1.807) is 6.92 Å². The highest BCUT2D eigenvalue weighted by Crippen LogP contribution is 2.19. The molecule has 1 aliphatic rings. The van der Waals surface area contributed by atoms with E-state index in [4.69, 9.17) is 9.47 Å². The second kappa shape index (κ2) is 6.62. The number of carbonyl (C=O) groups excluding carboxylic acids is 1. The second-order valence-corrected chi connectivity index (χ2v) is 4.11. The van der Waals surface area contributed by atoms with Gasteiger partial charge >= 0.3 is 5.97 Å². The van der Waals surface area contributed by atoms with Crippen LogP contribution in [0.4, 0.5) is 0 Å². The number of carbonyl (C=O) groups is 1. The van der Waals surface area contributed by atoms with Crippen molar-refractivity contribution in [1.29, 1.82) is 0 Å². The van der Waals surface area contributed by atoms with Crippen molar-refractivity contribution in [1.82, 2.24) is 0 Å². The number of hydrogen-bond acceptors (Lipinski definition) is 3. The van der Waals surface area contributed by atoms with Crippen molar-refractivity contribution in [2.75, 3.05) is 6.79 Å². The van der Waals surface area contributed by atoms with Crippen LogP contribution in [-0.2, 0) is 14.3 Å². The summed E-state index contributed by atoms with van der Waals surface area (Å²) < 4.78 is 10.4. The van der Waals surface area contributed by atoms with Gasteiger partial charge in [-0.2, -0.15) is 0 Å². The van der Waals surface area contributed by atoms with Crippen LogP contribution in [0.15, 0.2) is 12.2 Å². The first-order chi connectivity index (χ1) is 7.20. The highest BCUT2D eigenvalue weighted by molar-refractivity contribution is 5.86. The maximum absolute atomic E-state index is 11.1. The molecule has 3 heteroatoms. The van der Waals surface area contributed by atoms with Gasteiger partial charge in [0.2, 0.25) is 0 Å². The van der Waals surface area contributed by atoms with Gasteiger partial charge in [-0.25, -0.2) is 4.79 Å². The lowest BCUT2D eigenvalue weighted by molar-refractivity contribution is -0.156. The van der Waals surface area contributed by atoms with Crippen LogP contribution in [0.3, 0.4) is 0 Å². The van der Waals surface area contributed by atoms with Crippen LogP contribution in [0.25, 0.3) is 0 Å². The normalized spacial score (nSPS) is 18.2. The maximum Gasteiger partial charge on any atom is 0.335 e. The summed E-state index contributed by atoms with van der Waals surface area (Å²) in [6.07, 6.45) is 7.48. The average Bonchev–Trinajstić information content (AvgIpc) is 2.46. The van der Waals surface area contributed by atoms with Gasteiger partial charge in [-0.15, -0.1) is 0 Å². The third-order valence-corrected chi connectivity index (χ3v) is 2.64. The van der Waals surface area contributed by atoms with E-state index in [-0.39, 0.29) is 18.9 Å². The van der Waals surface area contributed by atoms with Gasteiger partial charge < -0.3 is 9.47 Å². The SMILES string of the molecule is C=C(C)C(=O)OCOC1CCCCCC1. The fraction of sp³-hybridized carbons (Fsp3) is 0.750. The van der Waals surface area contributed by atoms with Crippen molar-refractivity contribution < 1.29 is 14.3 Å². The lowest BCUT2D eigenvalue weighted by Crippen LogP contribution is -2.16. The Labute approximate surface area is 91.4 Å². The van der Waals surface area contributed by atoms with E-state index < -0.39 is 0 Å². The number of rotatable bonds is 4. The van der Waals surface area contributed by atoms with E-state index in [1.165, 1.54) is 25.7 Å². The lowest BCUT2D eigenvalue weighted by Gasteiger charge is -2.14. The van der Waals surface area contributed by atoms with Crippen molar-refractivity contribution in [3.63, 3.8) is 0 Å². The van der Waals surface area contributed by atoms with Crippen molar-refractivity contribution in [2.45, 2.75) is 51.6 Å². The van der Waals surface area contributed by atoms with Crippen LogP contribution in [0, 0.1) is 0 Å². The van der Waals surface area contributed by atoms with E-state index in [1.807, 2.05) is 0 Å². The van der Waals surface area contributed by atoms with Gasteiger partial charge in [-0.05, 0) is 19.8 Å². The van der Waals surface area contributed by atoms with E-state index in [0.29, 0.717) is 5.57 Å². The summed E-state index contributed by atoms with van der Waals surface area (Å²) in [6.45, 7) is 5.20. The third-order valence-electron chi connectivity index (χ3n) is 2.64. The fourth-order valence-electron chi connectivity index (χ4n) is 1.72. The van der Waals surface area contributed by atoms with E-state index >= 15 is 0 Å². The van der Waals surface area contributed by atoms with Crippen molar-refractivity contribution >= 4 is 5.97 Å². The molecule has 1 fully saturated rings. The molecule has 0 aromatic heterocycles. The van der Waals surface area contributed by atoms with E-state index in [2.05, 4.69) is 6.58 Å². The maximum atomic E-state index is 11.1. The fourth-order valence-corrected chi connectivity index (χ4v) is 1.72. The van der Waals surface area contributed by atoms with Gasteiger partial charge in [0.15, 0.2) is 6.79 Å².